The minimum atomic E-state index is -0.110. The van der Waals surface area contributed by atoms with Gasteiger partial charge in [-0.3, -0.25) is 9.36 Å². The van der Waals surface area contributed by atoms with Gasteiger partial charge in [-0.15, -0.1) is 0 Å². The van der Waals surface area contributed by atoms with Gasteiger partial charge in [-0.05, 0) is 48.0 Å². The van der Waals surface area contributed by atoms with Crippen molar-refractivity contribution in [2.75, 3.05) is 21.3 Å². The van der Waals surface area contributed by atoms with Crippen molar-refractivity contribution in [3.8, 4) is 22.9 Å². The minimum Gasteiger partial charge on any atom is -1.00 e. The highest BCUT2D eigenvalue weighted by Gasteiger charge is 2.20. The number of nitrogens with zero attached hydrogens (tertiary/aromatic N) is 4. The molecule has 8 nitrogen and oxygen atoms in total. The first-order chi connectivity index (χ1) is 19.6. The number of methoxy groups -OCH3 is 3. The van der Waals surface area contributed by atoms with Gasteiger partial charge in [0.05, 0.1) is 38.6 Å². The minimum absolute atomic E-state index is 0. The SMILES string of the molecule is COc1ccc(-n2c(=O)c3cc[n+](Cc4ccc(OC)c(OC)c4)cc3n3ncc(Cc4ccccc4)c23)cc1.[Br-]. The van der Waals surface area contributed by atoms with Crippen LogP contribution >= 0.6 is 0 Å². The van der Waals surface area contributed by atoms with Crippen LogP contribution in [-0.4, -0.2) is 35.5 Å². The third kappa shape index (κ3) is 5.28. The Kier molecular flexibility index (Phi) is 8.07. The van der Waals surface area contributed by atoms with Crippen molar-refractivity contribution in [3.63, 3.8) is 0 Å². The molecule has 0 saturated carbocycles. The molecule has 3 aromatic heterocycles. The number of ether oxygens (including phenoxy) is 3. The van der Waals surface area contributed by atoms with Crippen LogP contribution in [-0.2, 0) is 13.0 Å². The maximum atomic E-state index is 14.1. The van der Waals surface area contributed by atoms with E-state index in [0.29, 0.717) is 29.9 Å². The van der Waals surface area contributed by atoms with Crippen molar-refractivity contribution < 1.29 is 35.8 Å². The average Bonchev–Trinajstić information content (AvgIpc) is 3.41. The van der Waals surface area contributed by atoms with Crippen LogP contribution in [0.4, 0.5) is 0 Å². The molecule has 0 spiro atoms. The van der Waals surface area contributed by atoms with Gasteiger partial charge < -0.3 is 31.2 Å². The Hall–Kier alpha value is -4.63. The summed E-state index contributed by atoms with van der Waals surface area (Å²) in [6, 6.07) is 25.4. The van der Waals surface area contributed by atoms with Gasteiger partial charge in [-0.2, -0.15) is 9.67 Å². The molecule has 0 radical (unpaired) electrons. The highest BCUT2D eigenvalue weighted by molar-refractivity contribution is 5.80. The summed E-state index contributed by atoms with van der Waals surface area (Å²) in [5.74, 6) is 2.07. The van der Waals surface area contributed by atoms with Gasteiger partial charge in [0.15, 0.2) is 30.4 Å². The smallest absolute Gasteiger partial charge is 0.266 e. The molecular weight excluding hydrogens is 584 g/mol. The molecular formula is C32H29BrN4O4. The van der Waals surface area contributed by atoms with Crippen LogP contribution in [0.3, 0.4) is 0 Å². The summed E-state index contributed by atoms with van der Waals surface area (Å²) in [5.41, 5.74) is 5.23. The van der Waals surface area contributed by atoms with Gasteiger partial charge in [0.25, 0.3) is 5.56 Å². The van der Waals surface area contributed by atoms with E-state index in [1.165, 1.54) is 0 Å². The van der Waals surface area contributed by atoms with E-state index in [9.17, 15) is 4.79 Å². The summed E-state index contributed by atoms with van der Waals surface area (Å²) in [4.78, 5) is 14.1. The van der Waals surface area contributed by atoms with E-state index in [-0.39, 0.29) is 22.5 Å². The van der Waals surface area contributed by atoms with Crippen molar-refractivity contribution in [2.24, 2.45) is 0 Å². The maximum absolute atomic E-state index is 14.1. The molecule has 0 saturated heterocycles. The lowest BCUT2D eigenvalue weighted by Gasteiger charge is -2.13. The molecule has 0 aliphatic heterocycles. The first-order valence-electron chi connectivity index (χ1n) is 12.9. The van der Waals surface area contributed by atoms with Crippen LogP contribution in [0.5, 0.6) is 17.2 Å². The van der Waals surface area contributed by atoms with Crippen LogP contribution in [0.2, 0.25) is 0 Å². The zero-order chi connectivity index (χ0) is 27.6. The monoisotopic (exact) mass is 612 g/mol. The molecule has 6 rings (SSSR count). The molecule has 3 aromatic carbocycles. The third-order valence-electron chi connectivity index (χ3n) is 7.07. The molecule has 3 heterocycles. The summed E-state index contributed by atoms with van der Waals surface area (Å²) in [5, 5.41) is 5.36. The van der Waals surface area contributed by atoms with Gasteiger partial charge in [0.1, 0.15) is 16.9 Å². The maximum Gasteiger partial charge on any atom is 0.266 e. The fourth-order valence-electron chi connectivity index (χ4n) is 5.08. The highest BCUT2D eigenvalue weighted by Crippen LogP contribution is 2.28. The number of hydrogen-bond donors (Lipinski definition) is 0. The quantitative estimate of drug-likeness (QED) is 0.244. The van der Waals surface area contributed by atoms with E-state index < -0.39 is 0 Å². The standard InChI is InChI=1S/C32H29N4O4.BrH/c1-38-26-12-10-25(11-13-26)35-31-24(17-22-7-5-4-6-8-22)19-33-36(31)28-21-34(16-15-27(28)32(35)37)20-23-9-14-29(39-2)30(18-23)40-3;/h4-16,18-19,21H,17,20H2,1-3H3;1H/q+1;/p-1. The molecule has 0 atom stereocenters. The summed E-state index contributed by atoms with van der Waals surface area (Å²) in [7, 11) is 4.87. The fourth-order valence-corrected chi connectivity index (χ4v) is 5.08. The van der Waals surface area contributed by atoms with E-state index in [1.807, 2.05) is 94.4 Å². The largest absolute Gasteiger partial charge is 1.00 e. The predicted molar refractivity (Wildman–Crippen MR) is 153 cm³/mol. The Morgan fingerprint density at radius 1 is 0.829 bits per heavy atom. The van der Waals surface area contributed by atoms with E-state index in [1.54, 1.807) is 25.9 Å². The number of hydrogen-bond acceptors (Lipinski definition) is 5. The van der Waals surface area contributed by atoms with Crippen LogP contribution in [0, 0.1) is 0 Å². The molecule has 0 amide bonds. The Labute approximate surface area is 247 Å². The van der Waals surface area contributed by atoms with Crippen molar-refractivity contribution in [2.45, 2.75) is 13.0 Å². The Balaban J connectivity index is 0.00000337. The molecule has 0 fully saturated rings. The molecule has 0 aliphatic rings. The molecule has 41 heavy (non-hydrogen) atoms. The topological polar surface area (TPSA) is 70.9 Å². The lowest BCUT2D eigenvalue weighted by molar-refractivity contribution is -0.687. The van der Waals surface area contributed by atoms with Crippen LogP contribution < -0.4 is 41.3 Å². The predicted octanol–water partition coefficient (Wildman–Crippen LogP) is 1.59. The van der Waals surface area contributed by atoms with Gasteiger partial charge in [-0.25, -0.2) is 4.52 Å². The normalized spacial score (nSPS) is 10.9. The Morgan fingerprint density at radius 3 is 2.29 bits per heavy atom. The zero-order valence-electron chi connectivity index (χ0n) is 23.0. The van der Waals surface area contributed by atoms with E-state index in [2.05, 4.69) is 12.1 Å². The number of rotatable bonds is 8. The van der Waals surface area contributed by atoms with E-state index in [0.717, 1.165) is 39.3 Å². The fraction of sp³-hybridized carbons (Fsp3) is 0.156. The van der Waals surface area contributed by atoms with Gasteiger partial charge in [0.2, 0.25) is 0 Å². The lowest BCUT2D eigenvalue weighted by Crippen LogP contribution is -3.00. The molecule has 0 bridgehead atoms. The van der Waals surface area contributed by atoms with Crippen molar-refractivity contribution in [1.29, 1.82) is 0 Å². The number of pyridine rings is 1. The molecule has 0 aliphatic carbocycles. The Bertz CT molecular complexity index is 1880. The summed E-state index contributed by atoms with van der Waals surface area (Å²) in [6.45, 7) is 0.581. The number of halogens is 1. The highest BCUT2D eigenvalue weighted by atomic mass is 79.9. The first kappa shape index (κ1) is 27.9. The average molecular weight is 614 g/mol. The second-order valence-corrected chi connectivity index (χ2v) is 9.51. The van der Waals surface area contributed by atoms with Gasteiger partial charge in [0, 0.05) is 23.6 Å². The third-order valence-corrected chi connectivity index (χ3v) is 7.07. The summed E-state index contributed by atoms with van der Waals surface area (Å²) in [6.07, 6.45) is 6.38. The van der Waals surface area contributed by atoms with Crippen LogP contribution in [0.15, 0.2) is 102 Å². The van der Waals surface area contributed by atoms with Gasteiger partial charge >= 0.3 is 0 Å². The summed E-state index contributed by atoms with van der Waals surface area (Å²) < 4.78 is 21.9. The van der Waals surface area contributed by atoms with Crippen LogP contribution in [0.25, 0.3) is 22.2 Å². The van der Waals surface area contributed by atoms with Crippen LogP contribution in [0.1, 0.15) is 16.7 Å². The second-order valence-electron chi connectivity index (χ2n) is 9.51. The van der Waals surface area contributed by atoms with E-state index in [4.69, 9.17) is 19.3 Å². The molecule has 208 valence electrons. The zero-order valence-corrected chi connectivity index (χ0v) is 24.5. The van der Waals surface area contributed by atoms with Gasteiger partial charge in [-0.1, -0.05) is 30.3 Å². The molecule has 6 aromatic rings. The molecule has 9 heteroatoms. The van der Waals surface area contributed by atoms with E-state index >= 15 is 0 Å². The number of benzene rings is 3. The second kappa shape index (κ2) is 11.9. The molecule has 0 unspecified atom stereocenters. The first-order valence-corrected chi connectivity index (χ1v) is 12.9. The molecule has 0 N–H and O–H groups in total. The number of fused-ring (bicyclic) bond motifs is 3. The van der Waals surface area contributed by atoms with Crippen molar-refractivity contribution >= 4 is 16.6 Å². The Morgan fingerprint density at radius 2 is 1.59 bits per heavy atom. The number of aromatic nitrogens is 4. The van der Waals surface area contributed by atoms with Crippen molar-refractivity contribution in [1.82, 2.24) is 14.2 Å². The van der Waals surface area contributed by atoms with Crippen molar-refractivity contribution in [3.05, 3.63) is 124 Å². The lowest BCUT2D eigenvalue weighted by atomic mass is 10.1. The summed E-state index contributed by atoms with van der Waals surface area (Å²) >= 11 is 0.